The van der Waals surface area contributed by atoms with E-state index in [2.05, 4.69) is 40.4 Å². The number of nitrogens with one attached hydrogen (secondary N) is 2. The Labute approximate surface area is 134 Å². The van der Waals surface area contributed by atoms with E-state index in [0.29, 0.717) is 19.2 Å². The number of guanidine groups is 1. The van der Waals surface area contributed by atoms with Gasteiger partial charge < -0.3 is 20.3 Å². The van der Waals surface area contributed by atoms with Crippen molar-refractivity contribution in [3.63, 3.8) is 0 Å². The van der Waals surface area contributed by atoms with E-state index in [9.17, 15) is 0 Å². The predicted molar refractivity (Wildman–Crippen MR) is 93.6 cm³/mol. The van der Waals surface area contributed by atoms with Gasteiger partial charge in [0.25, 0.3) is 0 Å². The SMILES string of the molecule is CCC(C)NC(=NC)NCc1ccccc1OCCN(C)C. The third-order valence-corrected chi connectivity index (χ3v) is 3.43. The van der Waals surface area contributed by atoms with Gasteiger partial charge in [0.2, 0.25) is 0 Å². The van der Waals surface area contributed by atoms with Crippen molar-refractivity contribution >= 4 is 5.96 Å². The minimum atomic E-state index is 0.401. The van der Waals surface area contributed by atoms with Gasteiger partial charge in [-0.05, 0) is 33.5 Å². The molecule has 2 N–H and O–H groups in total. The number of likely N-dealkylation sites (N-methyl/N-ethyl adjacent to an activating group) is 1. The summed E-state index contributed by atoms with van der Waals surface area (Å²) in [4.78, 5) is 6.36. The number of benzene rings is 1. The Morgan fingerprint density at radius 2 is 2.05 bits per heavy atom. The average molecular weight is 306 g/mol. The summed E-state index contributed by atoms with van der Waals surface area (Å²) in [5.41, 5.74) is 1.13. The molecule has 0 aliphatic carbocycles. The van der Waals surface area contributed by atoms with E-state index in [-0.39, 0.29) is 0 Å². The molecule has 0 fully saturated rings. The van der Waals surface area contributed by atoms with Crippen LogP contribution in [0.1, 0.15) is 25.8 Å². The van der Waals surface area contributed by atoms with Crippen molar-refractivity contribution in [3.8, 4) is 5.75 Å². The molecule has 0 spiro atoms. The first kappa shape index (κ1) is 18.3. The lowest BCUT2D eigenvalue weighted by Gasteiger charge is -2.18. The summed E-state index contributed by atoms with van der Waals surface area (Å²) in [7, 11) is 5.87. The van der Waals surface area contributed by atoms with Gasteiger partial charge in [0.15, 0.2) is 5.96 Å². The maximum absolute atomic E-state index is 5.87. The van der Waals surface area contributed by atoms with Crippen molar-refractivity contribution in [2.45, 2.75) is 32.9 Å². The zero-order valence-electron chi connectivity index (χ0n) is 14.5. The van der Waals surface area contributed by atoms with Crippen LogP contribution >= 0.6 is 0 Å². The Morgan fingerprint density at radius 1 is 1.32 bits per heavy atom. The van der Waals surface area contributed by atoms with Gasteiger partial charge in [-0.15, -0.1) is 0 Å². The molecule has 0 heterocycles. The molecular weight excluding hydrogens is 276 g/mol. The highest BCUT2D eigenvalue weighted by Gasteiger charge is 2.06. The van der Waals surface area contributed by atoms with E-state index in [1.165, 1.54) is 0 Å². The molecule has 0 saturated heterocycles. The monoisotopic (exact) mass is 306 g/mol. The molecule has 0 radical (unpaired) electrons. The fraction of sp³-hybridized carbons (Fsp3) is 0.588. The van der Waals surface area contributed by atoms with Crippen LogP contribution in [0.15, 0.2) is 29.3 Å². The van der Waals surface area contributed by atoms with E-state index in [1.54, 1.807) is 7.05 Å². The second kappa shape index (κ2) is 10.1. The van der Waals surface area contributed by atoms with Crippen LogP contribution in [0.3, 0.4) is 0 Å². The van der Waals surface area contributed by atoms with Crippen LogP contribution in [0, 0.1) is 0 Å². The number of aliphatic imine (C=N–C) groups is 1. The van der Waals surface area contributed by atoms with Gasteiger partial charge in [-0.2, -0.15) is 0 Å². The van der Waals surface area contributed by atoms with Crippen LogP contribution in [0.25, 0.3) is 0 Å². The van der Waals surface area contributed by atoms with E-state index in [4.69, 9.17) is 4.74 Å². The van der Waals surface area contributed by atoms with Crippen LogP contribution in [0.5, 0.6) is 5.75 Å². The normalized spacial score (nSPS) is 13.1. The second-order valence-corrected chi connectivity index (χ2v) is 5.64. The highest BCUT2D eigenvalue weighted by molar-refractivity contribution is 5.79. The van der Waals surface area contributed by atoms with Crippen molar-refractivity contribution < 1.29 is 4.74 Å². The summed E-state index contributed by atoms with van der Waals surface area (Å²) >= 11 is 0. The van der Waals surface area contributed by atoms with Crippen LogP contribution in [0.2, 0.25) is 0 Å². The Morgan fingerprint density at radius 3 is 2.68 bits per heavy atom. The third-order valence-electron chi connectivity index (χ3n) is 3.43. The molecule has 0 amide bonds. The largest absolute Gasteiger partial charge is 0.492 e. The highest BCUT2D eigenvalue weighted by atomic mass is 16.5. The van der Waals surface area contributed by atoms with Crippen molar-refractivity contribution in [2.75, 3.05) is 34.3 Å². The highest BCUT2D eigenvalue weighted by Crippen LogP contribution is 2.17. The zero-order chi connectivity index (χ0) is 16.4. The van der Waals surface area contributed by atoms with Crippen molar-refractivity contribution in [2.24, 2.45) is 4.99 Å². The molecule has 0 aromatic heterocycles. The summed E-state index contributed by atoms with van der Waals surface area (Å²) in [5.74, 6) is 1.74. The van der Waals surface area contributed by atoms with Gasteiger partial charge in [-0.1, -0.05) is 25.1 Å². The maximum atomic E-state index is 5.87. The lowest BCUT2D eigenvalue weighted by molar-refractivity contribution is 0.259. The topological polar surface area (TPSA) is 48.9 Å². The smallest absolute Gasteiger partial charge is 0.191 e. The second-order valence-electron chi connectivity index (χ2n) is 5.64. The van der Waals surface area contributed by atoms with Gasteiger partial charge in [-0.3, -0.25) is 4.99 Å². The minimum Gasteiger partial charge on any atom is -0.492 e. The number of hydrogen-bond acceptors (Lipinski definition) is 3. The van der Waals surface area contributed by atoms with Crippen LogP contribution in [-0.4, -0.2) is 51.2 Å². The van der Waals surface area contributed by atoms with E-state index in [0.717, 1.165) is 30.2 Å². The lowest BCUT2D eigenvalue weighted by atomic mass is 10.2. The Balaban J connectivity index is 2.57. The molecule has 5 nitrogen and oxygen atoms in total. The van der Waals surface area contributed by atoms with Gasteiger partial charge in [-0.25, -0.2) is 0 Å². The molecule has 124 valence electrons. The maximum Gasteiger partial charge on any atom is 0.191 e. The Bertz CT molecular complexity index is 460. The van der Waals surface area contributed by atoms with Crippen molar-refractivity contribution in [1.29, 1.82) is 0 Å². The summed E-state index contributed by atoms with van der Waals surface area (Å²) in [6.45, 7) is 6.57. The molecule has 5 heteroatoms. The summed E-state index contributed by atoms with van der Waals surface area (Å²) in [6.07, 6.45) is 1.06. The fourth-order valence-corrected chi connectivity index (χ4v) is 1.84. The third kappa shape index (κ3) is 6.80. The molecule has 1 aromatic carbocycles. The molecule has 1 atom stereocenters. The van der Waals surface area contributed by atoms with Crippen LogP contribution < -0.4 is 15.4 Å². The minimum absolute atomic E-state index is 0.401. The average Bonchev–Trinajstić information content (AvgIpc) is 2.51. The molecule has 1 rings (SSSR count). The Hall–Kier alpha value is -1.75. The first-order valence-electron chi connectivity index (χ1n) is 7.89. The number of hydrogen-bond donors (Lipinski definition) is 2. The van der Waals surface area contributed by atoms with Crippen LogP contribution in [-0.2, 0) is 6.54 Å². The van der Waals surface area contributed by atoms with Crippen LogP contribution in [0.4, 0.5) is 0 Å². The van der Waals surface area contributed by atoms with Gasteiger partial charge >= 0.3 is 0 Å². The lowest BCUT2D eigenvalue weighted by Crippen LogP contribution is -2.41. The van der Waals surface area contributed by atoms with E-state index in [1.807, 2.05) is 32.3 Å². The molecular formula is C17H30N4O. The number of rotatable bonds is 8. The molecule has 0 aliphatic heterocycles. The van der Waals surface area contributed by atoms with Gasteiger partial charge in [0.1, 0.15) is 12.4 Å². The summed E-state index contributed by atoms with van der Waals surface area (Å²) in [6, 6.07) is 8.52. The molecule has 0 aliphatic rings. The molecule has 22 heavy (non-hydrogen) atoms. The number of nitrogens with zero attached hydrogens (tertiary/aromatic N) is 2. The first-order chi connectivity index (χ1) is 10.6. The molecule has 0 bridgehead atoms. The van der Waals surface area contributed by atoms with Gasteiger partial charge in [0.05, 0.1) is 0 Å². The standard InChI is InChI=1S/C17H30N4O/c1-6-14(2)20-17(18-3)19-13-15-9-7-8-10-16(15)22-12-11-21(4)5/h7-10,14H,6,11-13H2,1-5H3,(H2,18,19,20). The number of ether oxygens (including phenoxy) is 1. The fourth-order valence-electron chi connectivity index (χ4n) is 1.84. The summed E-state index contributed by atoms with van der Waals surface area (Å²) in [5, 5.41) is 6.69. The number of para-hydroxylation sites is 1. The zero-order valence-corrected chi connectivity index (χ0v) is 14.5. The molecule has 1 unspecified atom stereocenters. The van der Waals surface area contributed by atoms with E-state index < -0.39 is 0 Å². The van der Waals surface area contributed by atoms with Crippen molar-refractivity contribution in [3.05, 3.63) is 29.8 Å². The summed E-state index contributed by atoms with van der Waals surface area (Å²) < 4.78 is 5.87. The van der Waals surface area contributed by atoms with E-state index >= 15 is 0 Å². The quantitative estimate of drug-likeness (QED) is 0.570. The Kier molecular flexibility index (Phi) is 8.36. The first-order valence-corrected chi connectivity index (χ1v) is 7.89. The molecule has 1 aromatic rings. The van der Waals surface area contributed by atoms with Crippen molar-refractivity contribution in [1.82, 2.24) is 15.5 Å². The van der Waals surface area contributed by atoms with Gasteiger partial charge in [0, 0.05) is 31.7 Å². The predicted octanol–water partition coefficient (Wildman–Crippen LogP) is 2.09. The molecule has 0 saturated carbocycles.